The van der Waals surface area contributed by atoms with Gasteiger partial charge in [-0.3, -0.25) is 4.57 Å². The van der Waals surface area contributed by atoms with Gasteiger partial charge < -0.3 is 29.8 Å². The minimum Gasteiger partial charge on any atom is -0.467 e. The van der Waals surface area contributed by atoms with Crippen molar-refractivity contribution in [2.45, 2.75) is 31.1 Å². The number of anilines is 1. The van der Waals surface area contributed by atoms with Crippen molar-refractivity contribution in [3.8, 4) is 0 Å². The number of nitrogens with zero attached hydrogens (tertiary/aromatic N) is 2. The fraction of sp³-hybridized carbons (Fsp3) is 0.429. The van der Waals surface area contributed by atoms with Crippen molar-refractivity contribution in [2.75, 3.05) is 11.9 Å². The minimum atomic E-state index is -1.33. The Hall–Kier alpha value is -2.20. The second kappa shape index (κ2) is 6.50. The van der Waals surface area contributed by atoms with Crippen molar-refractivity contribution in [1.29, 1.82) is 0 Å². The van der Waals surface area contributed by atoms with Gasteiger partial charge in [-0.1, -0.05) is 0 Å². The molecule has 0 aliphatic carbocycles. The summed E-state index contributed by atoms with van der Waals surface area (Å²) in [5, 5.41) is 31.7. The third-order valence-corrected chi connectivity index (χ3v) is 3.65. The maximum Gasteiger partial charge on any atom is 0.351 e. The second-order valence-electron chi connectivity index (χ2n) is 5.16. The van der Waals surface area contributed by atoms with Crippen LogP contribution in [0, 0.1) is 0 Å². The Morgan fingerprint density at radius 2 is 2.13 bits per heavy atom. The van der Waals surface area contributed by atoms with Gasteiger partial charge in [0.15, 0.2) is 6.23 Å². The van der Waals surface area contributed by atoms with E-state index in [1.807, 2.05) is 0 Å². The van der Waals surface area contributed by atoms with E-state index in [-0.39, 0.29) is 0 Å². The summed E-state index contributed by atoms with van der Waals surface area (Å²) in [5.74, 6) is 1.04. The highest BCUT2D eigenvalue weighted by Gasteiger charge is 2.43. The van der Waals surface area contributed by atoms with E-state index in [1.54, 1.807) is 24.5 Å². The van der Waals surface area contributed by atoms with E-state index < -0.39 is 36.8 Å². The van der Waals surface area contributed by atoms with Gasteiger partial charge in [0.25, 0.3) is 0 Å². The zero-order valence-corrected chi connectivity index (χ0v) is 12.1. The van der Waals surface area contributed by atoms with Crippen LogP contribution in [0.15, 0.2) is 39.9 Å². The van der Waals surface area contributed by atoms with Crippen LogP contribution in [0.2, 0.25) is 0 Å². The quantitative estimate of drug-likeness (QED) is 0.555. The first-order valence-corrected chi connectivity index (χ1v) is 7.08. The molecule has 0 aromatic carbocycles. The van der Waals surface area contributed by atoms with Gasteiger partial charge in [0.05, 0.1) is 19.4 Å². The first-order chi connectivity index (χ1) is 11.1. The van der Waals surface area contributed by atoms with Crippen LogP contribution < -0.4 is 11.0 Å². The zero-order chi connectivity index (χ0) is 16.4. The Balaban J connectivity index is 1.73. The molecule has 1 fully saturated rings. The Morgan fingerprint density at radius 1 is 1.30 bits per heavy atom. The molecule has 23 heavy (non-hydrogen) atoms. The molecule has 0 spiro atoms. The topological polar surface area (TPSA) is 130 Å². The summed E-state index contributed by atoms with van der Waals surface area (Å²) in [6.07, 6.45) is -1.69. The molecule has 9 nitrogen and oxygen atoms in total. The third kappa shape index (κ3) is 3.13. The number of ether oxygens (including phenoxy) is 1. The van der Waals surface area contributed by atoms with Crippen molar-refractivity contribution >= 4 is 5.82 Å². The number of aliphatic hydroxyl groups is 3. The zero-order valence-electron chi connectivity index (χ0n) is 12.1. The van der Waals surface area contributed by atoms with Gasteiger partial charge in [-0.2, -0.15) is 4.98 Å². The monoisotopic (exact) mass is 323 g/mol. The van der Waals surface area contributed by atoms with Crippen LogP contribution in [0.25, 0.3) is 0 Å². The molecule has 1 saturated heterocycles. The first-order valence-electron chi connectivity index (χ1n) is 7.08. The number of aliphatic hydroxyl groups excluding tert-OH is 3. The second-order valence-corrected chi connectivity index (χ2v) is 5.16. The lowest BCUT2D eigenvalue weighted by Gasteiger charge is -2.17. The van der Waals surface area contributed by atoms with E-state index in [2.05, 4.69) is 10.3 Å². The van der Waals surface area contributed by atoms with Gasteiger partial charge in [0.2, 0.25) is 0 Å². The summed E-state index contributed by atoms with van der Waals surface area (Å²) in [6.45, 7) is -0.0863. The van der Waals surface area contributed by atoms with Crippen molar-refractivity contribution in [3.63, 3.8) is 0 Å². The highest BCUT2D eigenvalue weighted by Crippen LogP contribution is 2.28. The molecule has 0 amide bonds. The fourth-order valence-electron chi connectivity index (χ4n) is 2.41. The summed E-state index contributed by atoms with van der Waals surface area (Å²) in [6, 6.07) is 5.08. The molecule has 3 rings (SSSR count). The lowest BCUT2D eigenvalue weighted by Crippen LogP contribution is -2.36. The average Bonchev–Trinajstić information content (AvgIpc) is 3.16. The minimum absolute atomic E-state index is 0.342. The Kier molecular flexibility index (Phi) is 4.44. The van der Waals surface area contributed by atoms with Gasteiger partial charge >= 0.3 is 5.69 Å². The molecule has 1 aliphatic rings. The molecule has 9 heteroatoms. The van der Waals surface area contributed by atoms with Gasteiger partial charge in [-0.05, 0) is 18.2 Å². The van der Waals surface area contributed by atoms with E-state index in [1.165, 1.54) is 6.20 Å². The number of nitrogens with one attached hydrogen (secondary N) is 1. The van der Waals surface area contributed by atoms with Crippen molar-refractivity contribution in [2.24, 2.45) is 0 Å². The summed E-state index contributed by atoms with van der Waals surface area (Å²) in [5.41, 5.74) is -0.649. The molecular formula is C14H17N3O6. The predicted molar refractivity (Wildman–Crippen MR) is 77.5 cm³/mol. The largest absolute Gasteiger partial charge is 0.467 e. The van der Waals surface area contributed by atoms with Crippen molar-refractivity contribution in [3.05, 3.63) is 46.9 Å². The SMILES string of the molecule is O=c1nc(NCc2ccco2)ccn1[C@@H]1O[C@@H](CO)[C@@H](O)[C@@H]1O. The predicted octanol–water partition coefficient (Wildman–Crippen LogP) is -0.940. The van der Waals surface area contributed by atoms with Gasteiger partial charge in [-0.15, -0.1) is 0 Å². The molecule has 1 aliphatic heterocycles. The lowest BCUT2D eigenvalue weighted by molar-refractivity contribution is -0.0549. The molecule has 0 radical (unpaired) electrons. The first kappa shape index (κ1) is 15.7. The maximum absolute atomic E-state index is 12.1. The number of rotatable bonds is 5. The van der Waals surface area contributed by atoms with Crippen LogP contribution in [0.4, 0.5) is 5.82 Å². The molecule has 4 atom stereocenters. The Morgan fingerprint density at radius 3 is 2.74 bits per heavy atom. The molecular weight excluding hydrogens is 306 g/mol. The number of aromatic nitrogens is 2. The van der Waals surface area contributed by atoms with Crippen LogP contribution in [0.3, 0.4) is 0 Å². The maximum atomic E-state index is 12.1. The van der Waals surface area contributed by atoms with Crippen molar-refractivity contribution in [1.82, 2.24) is 9.55 Å². The van der Waals surface area contributed by atoms with Crippen LogP contribution in [0.5, 0.6) is 0 Å². The number of hydrogen-bond acceptors (Lipinski definition) is 8. The third-order valence-electron chi connectivity index (χ3n) is 3.65. The molecule has 0 unspecified atom stereocenters. The lowest BCUT2D eigenvalue weighted by atomic mass is 10.1. The van der Waals surface area contributed by atoms with Gasteiger partial charge in [-0.25, -0.2) is 4.79 Å². The van der Waals surface area contributed by atoms with Crippen LogP contribution in [-0.4, -0.2) is 49.8 Å². The van der Waals surface area contributed by atoms with E-state index in [0.29, 0.717) is 18.1 Å². The normalized spacial score (nSPS) is 27.3. The van der Waals surface area contributed by atoms with E-state index in [0.717, 1.165) is 4.57 Å². The van der Waals surface area contributed by atoms with E-state index >= 15 is 0 Å². The summed E-state index contributed by atoms with van der Waals surface area (Å²) >= 11 is 0. The number of hydrogen-bond donors (Lipinski definition) is 4. The van der Waals surface area contributed by atoms with E-state index in [9.17, 15) is 15.0 Å². The van der Waals surface area contributed by atoms with E-state index in [4.69, 9.17) is 14.3 Å². The van der Waals surface area contributed by atoms with Gasteiger partial charge in [0.1, 0.15) is 29.9 Å². The molecule has 0 bridgehead atoms. The van der Waals surface area contributed by atoms with Crippen LogP contribution in [-0.2, 0) is 11.3 Å². The van der Waals surface area contributed by atoms with Crippen LogP contribution >= 0.6 is 0 Å². The molecule has 2 aromatic heterocycles. The number of furan rings is 1. The fourth-order valence-corrected chi connectivity index (χ4v) is 2.41. The summed E-state index contributed by atoms with van der Waals surface area (Å²) in [4.78, 5) is 15.9. The summed E-state index contributed by atoms with van der Waals surface area (Å²) < 4.78 is 11.5. The van der Waals surface area contributed by atoms with Gasteiger partial charge in [0, 0.05) is 6.20 Å². The molecule has 2 aromatic rings. The average molecular weight is 323 g/mol. The smallest absolute Gasteiger partial charge is 0.351 e. The Labute approximate surface area is 130 Å². The van der Waals surface area contributed by atoms with Crippen LogP contribution in [0.1, 0.15) is 12.0 Å². The molecule has 124 valence electrons. The molecule has 4 N–H and O–H groups in total. The molecule has 3 heterocycles. The highest BCUT2D eigenvalue weighted by atomic mass is 16.6. The summed E-state index contributed by atoms with van der Waals surface area (Å²) in [7, 11) is 0. The van der Waals surface area contributed by atoms with Crippen molar-refractivity contribution < 1.29 is 24.5 Å². The highest BCUT2D eigenvalue weighted by molar-refractivity contribution is 5.32. The standard InChI is InChI=1S/C14H17N3O6/c18-7-9-11(19)12(20)13(23-9)17-4-3-10(16-14(17)21)15-6-8-2-1-5-22-8/h1-5,9,11-13,18-20H,6-7H2,(H,15,16,21)/t9-,11+,12-,13+/m0/s1. The molecule has 0 saturated carbocycles. The Bertz CT molecular complexity index is 701.